The second-order valence-corrected chi connectivity index (χ2v) is 5.38. The first-order valence-corrected chi connectivity index (χ1v) is 7.84. The van der Waals surface area contributed by atoms with Gasteiger partial charge in [-0.15, -0.1) is 0 Å². The minimum absolute atomic E-state index is 0.772. The molecule has 112 valence electrons. The maximum atomic E-state index is 5.86. The average molecular weight is 283 g/mol. The monoisotopic (exact) mass is 283 g/mol. The summed E-state index contributed by atoms with van der Waals surface area (Å²) in [7, 11) is 0. The molecule has 0 fully saturated rings. The van der Waals surface area contributed by atoms with Gasteiger partial charge in [0.15, 0.2) is 0 Å². The Balaban J connectivity index is 1.89. The van der Waals surface area contributed by atoms with Gasteiger partial charge in [0.2, 0.25) is 0 Å². The van der Waals surface area contributed by atoms with Crippen molar-refractivity contribution < 1.29 is 4.74 Å². The van der Waals surface area contributed by atoms with Crippen LogP contribution in [0.25, 0.3) is 0 Å². The highest BCUT2D eigenvalue weighted by Gasteiger charge is 2.03. The molecule has 0 heterocycles. The molecule has 0 radical (unpaired) electrons. The van der Waals surface area contributed by atoms with Crippen molar-refractivity contribution in [3.63, 3.8) is 0 Å². The summed E-state index contributed by atoms with van der Waals surface area (Å²) in [6, 6.07) is 18.2. The van der Waals surface area contributed by atoms with Gasteiger partial charge in [0.25, 0.3) is 0 Å². The van der Waals surface area contributed by atoms with Crippen molar-refractivity contribution in [2.75, 3.05) is 6.54 Å². The van der Waals surface area contributed by atoms with Crippen LogP contribution in [0, 0.1) is 5.92 Å². The Kier molecular flexibility index (Phi) is 6.29. The number of hydrogen-bond donors (Lipinski definition) is 1. The lowest BCUT2D eigenvalue weighted by Crippen LogP contribution is -2.21. The average Bonchev–Trinajstić information content (AvgIpc) is 2.53. The third kappa shape index (κ3) is 5.24. The summed E-state index contributed by atoms with van der Waals surface area (Å²) in [5, 5.41) is 3.54. The predicted octanol–water partition coefficient (Wildman–Crippen LogP) is 5.00. The number of rotatable bonds is 8. The van der Waals surface area contributed by atoms with Gasteiger partial charge in [0, 0.05) is 6.54 Å². The van der Waals surface area contributed by atoms with Gasteiger partial charge in [-0.25, -0.2) is 0 Å². The van der Waals surface area contributed by atoms with Crippen LogP contribution in [0.2, 0.25) is 0 Å². The fourth-order valence-electron chi connectivity index (χ4n) is 2.34. The van der Waals surface area contributed by atoms with Crippen molar-refractivity contribution in [3.05, 3.63) is 60.2 Å². The summed E-state index contributed by atoms with van der Waals surface area (Å²) in [5.74, 6) is 2.54. The van der Waals surface area contributed by atoms with Crippen LogP contribution in [0.1, 0.15) is 32.3 Å². The quantitative estimate of drug-likeness (QED) is 0.735. The van der Waals surface area contributed by atoms with Crippen LogP contribution in [0.3, 0.4) is 0 Å². The maximum absolute atomic E-state index is 5.86. The highest BCUT2D eigenvalue weighted by atomic mass is 16.5. The van der Waals surface area contributed by atoms with Crippen LogP contribution in [-0.4, -0.2) is 6.54 Å². The van der Waals surface area contributed by atoms with Gasteiger partial charge in [-0.05, 0) is 42.3 Å². The van der Waals surface area contributed by atoms with Crippen LogP contribution in [-0.2, 0) is 6.54 Å². The molecule has 0 saturated heterocycles. The van der Waals surface area contributed by atoms with E-state index in [-0.39, 0.29) is 0 Å². The van der Waals surface area contributed by atoms with Crippen molar-refractivity contribution in [1.29, 1.82) is 0 Å². The normalized spacial score (nSPS) is 10.8. The van der Waals surface area contributed by atoms with Gasteiger partial charge in [-0.2, -0.15) is 0 Å². The van der Waals surface area contributed by atoms with E-state index in [4.69, 9.17) is 4.74 Å². The number of ether oxygens (including phenoxy) is 1. The third-order valence-electron chi connectivity index (χ3n) is 3.79. The first-order chi connectivity index (χ1) is 10.3. The van der Waals surface area contributed by atoms with Crippen LogP contribution >= 0.6 is 0 Å². The molecule has 0 saturated carbocycles. The van der Waals surface area contributed by atoms with Gasteiger partial charge in [-0.3, -0.25) is 0 Å². The van der Waals surface area contributed by atoms with Crippen LogP contribution in [0.15, 0.2) is 54.6 Å². The van der Waals surface area contributed by atoms with Crippen molar-refractivity contribution in [2.24, 2.45) is 5.92 Å². The zero-order valence-electron chi connectivity index (χ0n) is 13.0. The van der Waals surface area contributed by atoms with E-state index in [1.807, 2.05) is 42.5 Å². The Morgan fingerprint density at radius 2 is 1.62 bits per heavy atom. The highest BCUT2D eigenvalue weighted by Crippen LogP contribution is 2.21. The van der Waals surface area contributed by atoms with Crippen LogP contribution in [0.4, 0.5) is 0 Å². The molecule has 0 atom stereocenters. The van der Waals surface area contributed by atoms with E-state index < -0.39 is 0 Å². The fraction of sp³-hybridized carbons (Fsp3) is 0.368. The lowest BCUT2D eigenvalue weighted by Gasteiger charge is -2.13. The predicted molar refractivity (Wildman–Crippen MR) is 88.7 cm³/mol. The van der Waals surface area contributed by atoms with Gasteiger partial charge >= 0.3 is 0 Å². The Hall–Kier alpha value is -1.80. The van der Waals surface area contributed by atoms with E-state index in [2.05, 4.69) is 31.3 Å². The number of para-hydroxylation sites is 1. The fourth-order valence-corrected chi connectivity index (χ4v) is 2.34. The first kappa shape index (κ1) is 15.6. The molecule has 2 heteroatoms. The van der Waals surface area contributed by atoms with E-state index in [9.17, 15) is 0 Å². The van der Waals surface area contributed by atoms with E-state index in [1.54, 1.807) is 0 Å². The zero-order valence-corrected chi connectivity index (χ0v) is 13.0. The summed E-state index contributed by atoms with van der Waals surface area (Å²) >= 11 is 0. The van der Waals surface area contributed by atoms with Crippen molar-refractivity contribution in [1.82, 2.24) is 5.32 Å². The van der Waals surface area contributed by atoms with E-state index in [1.165, 1.54) is 18.4 Å². The molecule has 0 bridgehead atoms. The molecular formula is C19H25NO. The van der Waals surface area contributed by atoms with Crippen molar-refractivity contribution >= 4 is 0 Å². The second kappa shape index (κ2) is 8.48. The lowest BCUT2D eigenvalue weighted by atomic mass is 10.0. The molecule has 2 nitrogen and oxygen atoms in total. The van der Waals surface area contributed by atoms with Gasteiger partial charge < -0.3 is 10.1 Å². The molecule has 0 spiro atoms. The van der Waals surface area contributed by atoms with Gasteiger partial charge in [-0.1, -0.05) is 57.0 Å². The molecule has 1 N–H and O–H groups in total. The zero-order chi connectivity index (χ0) is 14.9. The molecule has 2 aromatic carbocycles. The highest BCUT2D eigenvalue weighted by molar-refractivity contribution is 5.33. The Morgan fingerprint density at radius 3 is 2.33 bits per heavy atom. The molecule has 0 aliphatic rings. The topological polar surface area (TPSA) is 21.3 Å². The molecule has 2 aromatic rings. The summed E-state index contributed by atoms with van der Waals surface area (Å²) in [4.78, 5) is 0. The Bertz CT molecular complexity index is 520. The number of hydrogen-bond acceptors (Lipinski definition) is 2. The summed E-state index contributed by atoms with van der Waals surface area (Å²) < 4.78 is 5.86. The Morgan fingerprint density at radius 1 is 0.905 bits per heavy atom. The van der Waals surface area contributed by atoms with Gasteiger partial charge in [0.1, 0.15) is 11.5 Å². The number of benzene rings is 2. The van der Waals surface area contributed by atoms with Crippen LogP contribution < -0.4 is 10.1 Å². The summed E-state index contributed by atoms with van der Waals surface area (Å²) in [6.07, 6.45) is 2.47. The standard InChI is InChI=1S/C19H25NO/c1-3-16(4-2)14-20-15-17-9-8-12-19(13-17)21-18-10-6-5-7-11-18/h5-13,16,20H,3-4,14-15H2,1-2H3. The SMILES string of the molecule is CCC(CC)CNCc1cccc(Oc2ccccc2)c1. The molecule has 0 unspecified atom stereocenters. The number of nitrogens with one attached hydrogen (secondary N) is 1. The first-order valence-electron chi connectivity index (χ1n) is 7.84. The third-order valence-corrected chi connectivity index (χ3v) is 3.79. The minimum atomic E-state index is 0.772. The Labute approximate surface area is 128 Å². The van der Waals surface area contributed by atoms with E-state index in [0.717, 1.165) is 30.5 Å². The summed E-state index contributed by atoms with van der Waals surface area (Å²) in [6.45, 7) is 6.48. The van der Waals surface area contributed by atoms with E-state index >= 15 is 0 Å². The molecule has 0 amide bonds. The molecule has 0 aromatic heterocycles. The molecule has 0 aliphatic carbocycles. The second-order valence-electron chi connectivity index (χ2n) is 5.38. The molecule has 21 heavy (non-hydrogen) atoms. The lowest BCUT2D eigenvalue weighted by molar-refractivity contribution is 0.448. The van der Waals surface area contributed by atoms with Crippen molar-refractivity contribution in [3.8, 4) is 11.5 Å². The molecule has 2 rings (SSSR count). The van der Waals surface area contributed by atoms with Crippen LogP contribution in [0.5, 0.6) is 11.5 Å². The van der Waals surface area contributed by atoms with E-state index in [0.29, 0.717) is 0 Å². The smallest absolute Gasteiger partial charge is 0.127 e. The maximum Gasteiger partial charge on any atom is 0.127 e. The largest absolute Gasteiger partial charge is 0.457 e. The minimum Gasteiger partial charge on any atom is -0.457 e. The van der Waals surface area contributed by atoms with Crippen molar-refractivity contribution in [2.45, 2.75) is 33.2 Å². The summed E-state index contributed by atoms with van der Waals surface area (Å²) in [5.41, 5.74) is 1.26. The van der Waals surface area contributed by atoms with Gasteiger partial charge in [0.05, 0.1) is 0 Å². The molecular weight excluding hydrogens is 258 g/mol. The molecule has 0 aliphatic heterocycles.